The highest BCUT2D eigenvalue weighted by Gasteiger charge is 2.24. The predicted octanol–water partition coefficient (Wildman–Crippen LogP) is 3.19. The van der Waals surface area contributed by atoms with Gasteiger partial charge in [-0.05, 0) is 31.2 Å². The maximum atomic E-state index is 12.2. The third-order valence-electron chi connectivity index (χ3n) is 4.03. The molecule has 2 aromatic rings. The molecule has 2 aromatic heterocycles. The standard InChI is InChI=1S/C17H19N3O4S2/c1-10(14(21)20-17(23)18-11-5-2-3-6-11)24-16(22)12-9-26-15(19-12)13-7-4-8-25-13/h4,7-11H,2-3,5-6H2,1H3,(H2,18,20,21,23)/t10-/m1/s1. The Labute approximate surface area is 158 Å². The van der Waals surface area contributed by atoms with Crippen molar-refractivity contribution in [2.24, 2.45) is 0 Å². The normalized spacial score (nSPS) is 15.4. The van der Waals surface area contributed by atoms with Crippen molar-refractivity contribution in [1.29, 1.82) is 0 Å². The minimum absolute atomic E-state index is 0.103. The molecule has 0 aromatic carbocycles. The highest BCUT2D eigenvalue weighted by atomic mass is 32.1. The van der Waals surface area contributed by atoms with E-state index >= 15 is 0 Å². The zero-order chi connectivity index (χ0) is 18.5. The molecule has 0 aliphatic heterocycles. The number of carbonyl (C=O) groups excluding carboxylic acids is 3. The van der Waals surface area contributed by atoms with Gasteiger partial charge in [-0.3, -0.25) is 10.1 Å². The van der Waals surface area contributed by atoms with Crippen LogP contribution in [-0.2, 0) is 9.53 Å². The van der Waals surface area contributed by atoms with Crippen molar-refractivity contribution in [3.8, 4) is 9.88 Å². The Bertz CT molecular complexity index is 782. The van der Waals surface area contributed by atoms with E-state index in [4.69, 9.17) is 4.74 Å². The molecule has 2 N–H and O–H groups in total. The van der Waals surface area contributed by atoms with Gasteiger partial charge in [0.1, 0.15) is 5.01 Å². The van der Waals surface area contributed by atoms with Crippen LogP contribution in [0.2, 0.25) is 0 Å². The molecule has 1 aliphatic rings. The molecule has 0 spiro atoms. The summed E-state index contributed by atoms with van der Waals surface area (Å²) in [5, 5.41) is 9.20. The van der Waals surface area contributed by atoms with Gasteiger partial charge in [0.2, 0.25) is 0 Å². The monoisotopic (exact) mass is 393 g/mol. The summed E-state index contributed by atoms with van der Waals surface area (Å²) in [6.45, 7) is 1.42. The summed E-state index contributed by atoms with van der Waals surface area (Å²) >= 11 is 2.86. The summed E-state index contributed by atoms with van der Waals surface area (Å²) in [5.41, 5.74) is 0.147. The number of carbonyl (C=O) groups is 3. The Morgan fingerprint density at radius 1 is 1.27 bits per heavy atom. The number of nitrogens with zero attached hydrogens (tertiary/aromatic N) is 1. The van der Waals surface area contributed by atoms with E-state index in [0.717, 1.165) is 35.6 Å². The van der Waals surface area contributed by atoms with Crippen molar-refractivity contribution in [3.63, 3.8) is 0 Å². The molecule has 2 heterocycles. The van der Waals surface area contributed by atoms with Crippen LogP contribution < -0.4 is 10.6 Å². The Kier molecular flexibility index (Phi) is 6.00. The number of hydrogen-bond donors (Lipinski definition) is 2. The number of imide groups is 1. The molecule has 1 saturated carbocycles. The molecule has 26 heavy (non-hydrogen) atoms. The average Bonchev–Trinajstić information content (AvgIpc) is 3.35. The van der Waals surface area contributed by atoms with Gasteiger partial charge in [-0.2, -0.15) is 0 Å². The molecule has 1 aliphatic carbocycles. The van der Waals surface area contributed by atoms with Crippen LogP contribution in [0.15, 0.2) is 22.9 Å². The largest absolute Gasteiger partial charge is 0.448 e. The van der Waals surface area contributed by atoms with Crippen LogP contribution in [0.5, 0.6) is 0 Å². The van der Waals surface area contributed by atoms with Gasteiger partial charge in [-0.15, -0.1) is 22.7 Å². The average molecular weight is 393 g/mol. The van der Waals surface area contributed by atoms with Gasteiger partial charge in [0, 0.05) is 11.4 Å². The number of ether oxygens (including phenoxy) is 1. The molecule has 0 saturated heterocycles. The van der Waals surface area contributed by atoms with Crippen LogP contribution in [0.3, 0.4) is 0 Å². The van der Waals surface area contributed by atoms with E-state index in [1.54, 1.807) is 5.38 Å². The van der Waals surface area contributed by atoms with Crippen LogP contribution in [0.4, 0.5) is 4.79 Å². The summed E-state index contributed by atoms with van der Waals surface area (Å²) in [6, 6.07) is 3.37. The van der Waals surface area contributed by atoms with Crippen molar-refractivity contribution >= 4 is 40.6 Å². The summed E-state index contributed by atoms with van der Waals surface area (Å²) < 4.78 is 5.12. The van der Waals surface area contributed by atoms with Crippen LogP contribution in [-0.4, -0.2) is 35.0 Å². The minimum Gasteiger partial charge on any atom is -0.448 e. The molecule has 0 bridgehead atoms. The number of urea groups is 1. The Balaban J connectivity index is 1.50. The lowest BCUT2D eigenvalue weighted by Crippen LogP contribution is -2.47. The second kappa shape index (κ2) is 8.41. The SMILES string of the molecule is C[C@@H](OC(=O)c1csc(-c2cccs2)n1)C(=O)NC(=O)NC1CCCC1. The molecule has 7 nitrogen and oxygen atoms in total. The summed E-state index contributed by atoms with van der Waals surface area (Å²) in [4.78, 5) is 41.2. The lowest BCUT2D eigenvalue weighted by molar-refractivity contribution is -0.127. The number of hydrogen-bond acceptors (Lipinski definition) is 7. The molecule has 3 rings (SSSR count). The fourth-order valence-electron chi connectivity index (χ4n) is 2.66. The number of thiophene rings is 1. The number of thiazole rings is 1. The predicted molar refractivity (Wildman–Crippen MR) is 99.2 cm³/mol. The molecule has 9 heteroatoms. The van der Waals surface area contributed by atoms with Gasteiger partial charge >= 0.3 is 12.0 Å². The van der Waals surface area contributed by atoms with E-state index in [9.17, 15) is 14.4 Å². The first-order chi connectivity index (χ1) is 12.5. The van der Waals surface area contributed by atoms with Crippen molar-refractivity contribution in [3.05, 3.63) is 28.6 Å². The first-order valence-electron chi connectivity index (χ1n) is 8.34. The van der Waals surface area contributed by atoms with Crippen molar-refractivity contribution < 1.29 is 19.1 Å². The Hall–Kier alpha value is -2.26. The molecular formula is C17H19N3O4S2. The molecular weight excluding hydrogens is 374 g/mol. The third kappa shape index (κ3) is 4.67. The third-order valence-corrected chi connectivity index (χ3v) is 5.91. The minimum atomic E-state index is -1.09. The quantitative estimate of drug-likeness (QED) is 0.761. The summed E-state index contributed by atoms with van der Waals surface area (Å²) in [6.07, 6.45) is 2.90. The van der Waals surface area contributed by atoms with Crippen molar-refractivity contribution in [1.82, 2.24) is 15.6 Å². The Morgan fingerprint density at radius 3 is 2.73 bits per heavy atom. The van der Waals surface area contributed by atoms with E-state index in [2.05, 4.69) is 15.6 Å². The number of aromatic nitrogens is 1. The smallest absolute Gasteiger partial charge is 0.358 e. The van der Waals surface area contributed by atoms with Crippen molar-refractivity contribution in [2.75, 3.05) is 0 Å². The van der Waals surface area contributed by atoms with E-state index in [1.807, 2.05) is 17.5 Å². The van der Waals surface area contributed by atoms with Crippen molar-refractivity contribution in [2.45, 2.75) is 44.8 Å². The maximum absolute atomic E-state index is 12.2. The topological polar surface area (TPSA) is 97.4 Å². The molecule has 1 atom stereocenters. The number of nitrogens with one attached hydrogen (secondary N) is 2. The van der Waals surface area contributed by atoms with E-state index in [-0.39, 0.29) is 11.7 Å². The first-order valence-corrected chi connectivity index (χ1v) is 10.1. The van der Waals surface area contributed by atoms with Crippen LogP contribution in [0, 0.1) is 0 Å². The van der Waals surface area contributed by atoms with Gasteiger partial charge < -0.3 is 10.1 Å². The number of rotatable bonds is 5. The summed E-state index contributed by atoms with van der Waals surface area (Å²) in [5.74, 6) is -1.36. The van der Waals surface area contributed by atoms with Gasteiger partial charge in [-0.1, -0.05) is 18.9 Å². The van der Waals surface area contributed by atoms with E-state index in [0.29, 0.717) is 0 Å². The number of amides is 3. The number of esters is 1. The second-order valence-corrected chi connectivity index (χ2v) is 7.81. The fraction of sp³-hybridized carbons (Fsp3) is 0.412. The zero-order valence-electron chi connectivity index (χ0n) is 14.2. The lowest BCUT2D eigenvalue weighted by atomic mass is 10.2. The van der Waals surface area contributed by atoms with E-state index in [1.165, 1.54) is 29.6 Å². The zero-order valence-corrected chi connectivity index (χ0v) is 15.8. The van der Waals surface area contributed by atoms with Gasteiger partial charge in [0.25, 0.3) is 5.91 Å². The summed E-state index contributed by atoms with van der Waals surface area (Å²) in [7, 11) is 0. The Morgan fingerprint density at radius 2 is 2.04 bits per heavy atom. The van der Waals surface area contributed by atoms with E-state index < -0.39 is 24.0 Å². The van der Waals surface area contributed by atoms with Gasteiger partial charge in [0.15, 0.2) is 11.8 Å². The van der Waals surface area contributed by atoms with Crippen LogP contribution >= 0.6 is 22.7 Å². The van der Waals surface area contributed by atoms with Gasteiger partial charge in [0.05, 0.1) is 4.88 Å². The molecule has 1 fully saturated rings. The second-order valence-electron chi connectivity index (χ2n) is 6.01. The highest BCUT2D eigenvalue weighted by molar-refractivity contribution is 7.20. The molecule has 138 valence electrons. The van der Waals surface area contributed by atoms with Gasteiger partial charge in [-0.25, -0.2) is 14.6 Å². The molecule has 0 unspecified atom stereocenters. The highest BCUT2D eigenvalue weighted by Crippen LogP contribution is 2.28. The lowest BCUT2D eigenvalue weighted by Gasteiger charge is -2.15. The van der Waals surface area contributed by atoms with Crippen LogP contribution in [0.25, 0.3) is 9.88 Å². The fourth-order valence-corrected chi connectivity index (χ4v) is 4.26. The molecule has 0 radical (unpaired) electrons. The molecule has 3 amide bonds. The van der Waals surface area contributed by atoms with Crippen LogP contribution in [0.1, 0.15) is 43.1 Å². The maximum Gasteiger partial charge on any atom is 0.358 e. The first kappa shape index (κ1) is 18.5.